The second-order valence-electron chi connectivity index (χ2n) is 7.03. The first-order chi connectivity index (χ1) is 8.53. The summed E-state index contributed by atoms with van der Waals surface area (Å²) in [5, 5.41) is 3.63. The predicted molar refractivity (Wildman–Crippen MR) is 75.9 cm³/mol. The van der Waals surface area contributed by atoms with Gasteiger partial charge in [0.25, 0.3) is 0 Å². The van der Waals surface area contributed by atoms with Crippen molar-refractivity contribution < 1.29 is 4.74 Å². The van der Waals surface area contributed by atoms with Crippen LogP contribution in [0, 0.1) is 5.92 Å². The molecule has 0 aromatic rings. The molecule has 2 saturated heterocycles. The number of nitrogens with zero attached hydrogens (tertiary/aromatic N) is 1. The van der Waals surface area contributed by atoms with E-state index in [4.69, 9.17) is 4.74 Å². The predicted octanol–water partition coefficient (Wildman–Crippen LogP) is 2.27. The minimum atomic E-state index is 0.250. The Balaban J connectivity index is 1.65. The zero-order valence-corrected chi connectivity index (χ0v) is 12.4. The lowest BCUT2D eigenvalue weighted by atomic mass is 10.1. The van der Waals surface area contributed by atoms with Gasteiger partial charge < -0.3 is 15.0 Å². The first-order valence-corrected chi connectivity index (χ1v) is 7.62. The fourth-order valence-electron chi connectivity index (χ4n) is 2.94. The van der Waals surface area contributed by atoms with Crippen LogP contribution in [-0.2, 0) is 4.74 Å². The summed E-state index contributed by atoms with van der Waals surface area (Å²) in [4.78, 5) is 2.60. The molecule has 0 spiro atoms. The molecule has 3 heteroatoms. The van der Waals surface area contributed by atoms with E-state index >= 15 is 0 Å². The van der Waals surface area contributed by atoms with Crippen molar-refractivity contribution in [1.82, 2.24) is 10.2 Å². The zero-order valence-electron chi connectivity index (χ0n) is 12.4. The molecule has 0 aromatic heterocycles. The van der Waals surface area contributed by atoms with Crippen molar-refractivity contribution in [3.63, 3.8) is 0 Å². The van der Waals surface area contributed by atoms with E-state index in [2.05, 4.69) is 31.0 Å². The van der Waals surface area contributed by atoms with E-state index in [9.17, 15) is 0 Å². The molecule has 2 heterocycles. The average Bonchev–Trinajstić information content (AvgIpc) is 2.75. The number of nitrogens with one attached hydrogen (secondary N) is 1. The normalized spacial score (nSPS) is 30.8. The second kappa shape index (κ2) is 6.36. The molecule has 0 aromatic carbocycles. The lowest BCUT2D eigenvalue weighted by Gasteiger charge is -2.27. The van der Waals surface area contributed by atoms with Gasteiger partial charge in [-0.15, -0.1) is 0 Å². The van der Waals surface area contributed by atoms with Crippen molar-refractivity contribution in [3.8, 4) is 0 Å². The molecule has 0 saturated carbocycles. The van der Waals surface area contributed by atoms with Crippen LogP contribution in [0.25, 0.3) is 0 Å². The van der Waals surface area contributed by atoms with E-state index in [1.807, 2.05) is 0 Å². The van der Waals surface area contributed by atoms with Crippen molar-refractivity contribution in [3.05, 3.63) is 0 Å². The summed E-state index contributed by atoms with van der Waals surface area (Å²) in [5.74, 6) is 0.827. The van der Waals surface area contributed by atoms with Crippen LogP contribution in [0.4, 0.5) is 0 Å². The van der Waals surface area contributed by atoms with Crippen LogP contribution in [0.5, 0.6) is 0 Å². The minimum Gasteiger partial charge on any atom is -0.377 e. The molecule has 2 fully saturated rings. The van der Waals surface area contributed by atoms with Gasteiger partial charge in [0.1, 0.15) is 0 Å². The van der Waals surface area contributed by atoms with Gasteiger partial charge in [0.2, 0.25) is 0 Å². The Morgan fingerprint density at radius 2 is 2.06 bits per heavy atom. The summed E-state index contributed by atoms with van der Waals surface area (Å²) < 4.78 is 5.83. The maximum Gasteiger partial charge on any atom is 0.0702 e. The van der Waals surface area contributed by atoms with Crippen LogP contribution in [0.3, 0.4) is 0 Å². The summed E-state index contributed by atoms with van der Waals surface area (Å²) in [5.41, 5.74) is 0.250. The van der Waals surface area contributed by atoms with Gasteiger partial charge in [0.05, 0.1) is 6.10 Å². The molecule has 1 N–H and O–H groups in total. The molecule has 3 nitrogen and oxygen atoms in total. The van der Waals surface area contributed by atoms with E-state index in [-0.39, 0.29) is 5.54 Å². The zero-order chi connectivity index (χ0) is 13.0. The molecule has 2 aliphatic rings. The monoisotopic (exact) mass is 254 g/mol. The van der Waals surface area contributed by atoms with Crippen molar-refractivity contribution in [2.75, 3.05) is 32.8 Å². The average molecular weight is 254 g/mol. The third-order valence-corrected chi connectivity index (χ3v) is 4.03. The summed E-state index contributed by atoms with van der Waals surface area (Å²) in [6.45, 7) is 12.5. The highest BCUT2D eigenvalue weighted by atomic mass is 16.5. The van der Waals surface area contributed by atoms with Crippen LogP contribution in [0.2, 0.25) is 0 Å². The van der Waals surface area contributed by atoms with Crippen LogP contribution in [0.1, 0.15) is 46.5 Å². The van der Waals surface area contributed by atoms with Crippen molar-refractivity contribution in [2.45, 2.75) is 58.1 Å². The Kier molecular flexibility index (Phi) is 5.05. The lowest BCUT2D eigenvalue weighted by Crippen LogP contribution is -2.40. The van der Waals surface area contributed by atoms with Crippen molar-refractivity contribution in [2.24, 2.45) is 5.92 Å². The van der Waals surface area contributed by atoms with Crippen LogP contribution < -0.4 is 5.32 Å². The molecule has 0 bridgehead atoms. The van der Waals surface area contributed by atoms with Gasteiger partial charge in [0, 0.05) is 25.2 Å². The molecule has 2 unspecified atom stereocenters. The third-order valence-electron chi connectivity index (χ3n) is 4.03. The topological polar surface area (TPSA) is 24.5 Å². The summed E-state index contributed by atoms with van der Waals surface area (Å²) >= 11 is 0. The maximum absolute atomic E-state index is 5.83. The molecule has 0 radical (unpaired) electrons. The number of ether oxygens (including phenoxy) is 1. The first-order valence-electron chi connectivity index (χ1n) is 7.62. The minimum absolute atomic E-state index is 0.250. The SMILES string of the molecule is CC(C)(C)NCC1CCN(CC2CCCCO2)C1. The smallest absolute Gasteiger partial charge is 0.0702 e. The van der Waals surface area contributed by atoms with Gasteiger partial charge in [-0.25, -0.2) is 0 Å². The van der Waals surface area contributed by atoms with Gasteiger partial charge in [-0.05, 0) is 65.5 Å². The van der Waals surface area contributed by atoms with E-state index in [1.165, 1.54) is 38.8 Å². The van der Waals surface area contributed by atoms with E-state index in [0.29, 0.717) is 6.10 Å². The molecular weight excluding hydrogens is 224 g/mol. The number of hydrogen-bond acceptors (Lipinski definition) is 3. The molecule has 18 heavy (non-hydrogen) atoms. The molecule has 2 atom stereocenters. The maximum atomic E-state index is 5.83. The lowest BCUT2D eigenvalue weighted by molar-refractivity contribution is -0.00239. The third kappa shape index (κ3) is 4.87. The largest absolute Gasteiger partial charge is 0.377 e. The van der Waals surface area contributed by atoms with Gasteiger partial charge in [-0.1, -0.05) is 0 Å². The van der Waals surface area contributed by atoms with Crippen molar-refractivity contribution >= 4 is 0 Å². The molecule has 0 amide bonds. The highest BCUT2D eigenvalue weighted by molar-refractivity contribution is 4.82. The summed E-state index contributed by atoms with van der Waals surface area (Å²) in [6.07, 6.45) is 5.73. The number of rotatable bonds is 4. The molecule has 2 aliphatic heterocycles. The van der Waals surface area contributed by atoms with E-state index in [1.54, 1.807) is 0 Å². The fraction of sp³-hybridized carbons (Fsp3) is 1.00. The summed E-state index contributed by atoms with van der Waals surface area (Å²) in [6, 6.07) is 0. The standard InChI is InChI=1S/C15H30N2O/c1-15(2,3)16-10-13-7-8-17(11-13)12-14-6-4-5-9-18-14/h13-14,16H,4-12H2,1-3H3. The number of likely N-dealkylation sites (tertiary alicyclic amines) is 1. The van der Waals surface area contributed by atoms with Gasteiger partial charge in [-0.3, -0.25) is 0 Å². The molecule has 2 rings (SSSR count). The second-order valence-corrected chi connectivity index (χ2v) is 7.03. The highest BCUT2D eigenvalue weighted by Crippen LogP contribution is 2.20. The Bertz CT molecular complexity index is 243. The molecule has 106 valence electrons. The van der Waals surface area contributed by atoms with E-state index in [0.717, 1.165) is 25.6 Å². The highest BCUT2D eigenvalue weighted by Gasteiger charge is 2.26. The van der Waals surface area contributed by atoms with Crippen LogP contribution in [-0.4, -0.2) is 49.3 Å². The summed E-state index contributed by atoms with van der Waals surface area (Å²) in [7, 11) is 0. The van der Waals surface area contributed by atoms with E-state index < -0.39 is 0 Å². The number of hydrogen-bond donors (Lipinski definition) is 1. The van der Waals surface area contributed by atoms with Gasteiger partial charge >= 0.3 is 0 Å². The van der Waals surface area contributed by atoms with Gasteiger partial charge in [0.15, 0.2) is 0 Å². The molecule has 0 aliphatic carbocycles. The Morgan fingerprint density at radius 1 is 1.22 bits per heavy atom. The van der Waals surface area contributed by atoms with Crippen LogP contribution in [0.15, 0.2) is 0 Å². The van der Waals surface area contributed by atoms with Crippen molar-refractivity contribution in [1.29, 1.82) is 0 Å². The quantitative estimate of drug-likeness (QED) is 0.833. The fourth-order valence-corrected chi connectivity index (χ4v) is 2.94. The molecular formula is C15H30N2O. The first kappa shape index (κ1) is 14.3. The van der Waals surface area contributed by atoms with Crippen LogP contribution >= 0.6 is 0 Å². The van der Waals surface area contributed by atoms with Gasteiger partial charge in [-0.2, -0.15) is 0 Å². The Morgan fingerprint density at radius 3 is 2.72 bits per heavy atom. The Hall–Kier alpha value is -0.120. The Labute approximate surface area is 112 Å².